The summed E-state index contributed by atoms with van der Waals surface area (Å²) >= 11 is 0. The number of nitrogens with zero attached hydrogens (tertiary/aromatic N) is 2. The summed E-state index contributed by atoms with van der Waals surface area (Å²) in [6.45, 7) is 0.684. The molecule has 0 aliphatic heterocycles. The summed E-state index contributed by atoms with van der Waals surface area (Å²) in [5.41, 5.74) is 3.53. The molecule has 0 unspecified atom stereocenters. The summed E-state index contributed by atoms with van der Waals surface area (Å²) < 4.78 is 2.12. The Kier molecular flexibility index (Phi) is 3.74. The van der Waals surface area contributed by atoms with Crippen LogP contribution in [-0.4, -0.2) is 10.8 Å². The van der Waals surface area contributed by atoms with E-state index in [-0.39, 0.29) is 0 Å². The van der Waals surface area contributed by atoms with Gasteiger partial charge in [-0.3, -0.25) is 4.99 Å². The molecular formula is C18H16N2. The van der Waals surface area contributed by atoms with Crippen molar-refractivity contribution in [3.8, 4) is 5.69 Å². The van der Waals surface area contributed by atoms with Crippen LogP contribution >= 0.6 is 0 Å². The van der Waals surface area contributed by atoms with E-state index < -0.39 is 0 Å². The van der Waals surface area contributed by atoms with Gasteiger partial charge < -0.3 is 4.57 Å². The van der Waals surface area contributed by atoms with Crippen molar-refractivity contribution >= 4 is 6.21 Å². The average molecular weight is 260 g/mol. The van der Waals surface area contributed by atoms with Crippen molar-refractivity contribution < 1.29 is 0 Å². The number of aromatic nitrogens is 1. The van der Waals surface area contributed by atoms with Crippen molar-refractivity contribution in [2.24, 2.45) is 4.99 Å². The van der Waals surface area contributed by atoms with Crippen molar-refractivity contribution in [1.29, 1.82) is 0 Å². The molecule has 0 N–H and O–H groups in total. The molecule has 20 heavy (non-hydrogen) atoms. The second kappa shape index (κ2) is 6.02. The third kappa shape index (κ3) is 2.86. The Bertz CT molecular complexity index is 682. The molecule has 0 spiro atoms. The van der Waals surface area contributed by atoms with Crippen molar-refractivity contribution in [2.75, 3.05) is 0 Å². The molecule has 98 valence electrons. The Morgan fingerprint density at radius 3 is 2.30 bits per heavy atom. The first kappa shape index (κ1) is 12.4. The first-order chi connectivity index (χ1) is 9.93. The highest BCUT2D eigenvalue weighted by atomic mass is 14.9. The van der Waals surface area contributed by atoms with Gasteiger partial charge in [0.1, 0.15) is 0 Å². The van der Waals surface area contributed by atoms with Crippen LogP contribution in [0.3, 0.4) is 0 Å². The minimum Gasteiger partial charge on any atom is -0.324 e. The van der Waals surface area contributed by atoms with Gasteiger partial charge in [0.2, 0.25) is 0 Å². The van der Waals surface area contributed by atoms with Crippen molar-refractivity contribution in [1.82, 2.24) is 4.57 Å². The zero-order valence-electron chi connectivity index (χ0n) is 11.2. The highest BCUT2D eigenvalue weighted by molar-refractivity contribution is 5.79. The maximum absolute atomic E-state index is 4.54. The predicted octanol–water partition coefficient (Wildman–Crippen LogP) is 4.10. The molecule has 0 atom stereocenters. The Balaban J connectivity index is 1.80. The Morgan fingerprint density at radius 1 is 0.800 bits per heavy atom. The number of hydrogen-bond acceptors (Lipinski definition) is 1. The van der Waals surface area contributed by atoms with Gasteiger partial charge in [-0.05, 0) is 29.3 Å². The number of rotatable bonds is 4. The van der Waals surface area contributed by atoms with E-state index in [1.807, 2.05) is 36.5 Å². The molecule has 2 nitrogen and oxygen atoms in total. The van der Waals surface area contributed by atoms with Gasteiger partial charge in [0.15, 0.2) is 0 Å². The van der Waals surface area contributed by atoms with Crippen molar-refractivity contribution in [2.45, 2.75) is 6.54 Å². The van der Waals surface area contributed by atoms with Gasteiger partial charge in [0.25, 0.3) is 0 Å². The number of aliphatic imine (C=N–C) groups is 1. The molecular weight excluding hydrogens is 244 g/mol. The first-order valence-corrected chi connectivity index (χ1v) is 6.69. The lowest BCUT2D eigenvalue weighted by Gasteiger charge is -2.08. The average Bonchev–Trinajstić information content (AvgIpc) is 3.03. The van der Waals surface area contributed by atoms with Crippen LogP contribution in [0.1, 0.15) is 11.1 Å². The monoisotopic (exact) mass is 260 g/mol. The van der Waals surface area contributed by atoms with Crippen LogP contribution in [0, 0.1) is 0 Å². The van der Waals surface area contributed by atoms with Crippen LogP contribution in [-0.2, 0) is 6.54 Å². The van der Waals surface area contributed by atoms with Crippen molar-refractivity contribution in [3.05, 3.63) is 90.3 Å². The van der Waals surface area contributed by atoms with Gasteiger partial charge in [0.05, 0.1) is 6.54 Å². The topological polar surface area (TPSA) is 17.3 Å². The smallest absolute Gasteiger partial charge is 0.0660 e. The summed E-state index contributed by atoms with van der Waals surface area (Å²) in [6, 6.07) is 22.6. The van der Waals surface area contributed by atoms with Gasteiger partial charge in [0, 0.05) is 24.3 Å². The van der Waals surface area contributed by atoms with Crippen LogP contribution in [0.4, 0.5) is 0 Å². The fourth-order valence-corrected chi connectivity index (χ4v) is 2.18. The Morgan fingerprint density at radius 2 is 1.50 bits per heavy atom. The molecule has 2 aromatic carbocycles. The predicted molar refractivity (Wildman–Crippen MR) is 83.5 cm³/mol. The van der Waals surface area contributed by atoms with E-state index in [0.29, 0.717) is 6.54 Å². The summed E-state index contributed by atoms with van der Waals surface area (Å²) in [7, 11) is 0. The fraction of sp³-hybridized carbons (Fsp3) is 0.0556. The van der Waals surface area contributed by atoms with E-state index in [1.54, 1.807) is 0 Å². The van der Waals surface area contributed by atoms with Gasteiger partial charge in [-0.25, -0.2) is 0 Å². The van der Waals surface area contributed by atoms with Crippen molar-refractivity contribution in [3.63, 3.8) is 0 Å². The van der Waals surface area contributed by atoms with Crippen LogP contribution in [0.25, 0.3) is 5.69 Å². The maximum Gasteiger partial charge on any atom is 0.0660 e. The molecule has 0 fully saturated rings. The van der Waals surface area contributed by atoms with E-state index in [4.69, 9.17) is 0 Å². The third-order valence-electron chi connectivity index (χ3n) is 3.18. The second-order valence-electron chi connectivity index (χ2n) is 4.60. The Labute approximate surface area is 119 Å². The molecule has 2 heteroatoms. The summed E-state index contributed by atoms with van der Waals surface area (Å²) in [4.78, 5) is 4.54. The molecule has 0 amide bonds. The lowest BCUT2D eigenvalue weighted by Crippen LogP contribution is -1.96. The summed E-state index contributed by atoms with van der Waals surface area (Å²) in [5, 5.41) is 0. The van der Waals surface area contributed by atoms with E-state index in [0.717, 1.165) is 5.56 Å². The molecule has 3 rings (SSSR count). The van der Waals surface area contributed by atoms with Crippen LogP contribution in [0.15, 0.2) is 84.1 Å². The minimum atomic E-state index is 0.684. The lowest BCUT2D eigenvalue weighted by atomic mass is 10.1. The molecule has 0 aliphatic carbocycles. The zero-order valence-corrected chi connectivity index (χ0v) is 11.2. The second-order valence-corrected chi connectivity index (χ2v) is 4.60. The van der Waals surface area contributed by atoms with E-state index in [1.165, 1.54) is 11.3 Å². The maximum atomic E-state index is 4.54. The van der Waals surface area contributed by atoms with Crippen LogP contribution in [0.5, 0.6) is 0 Å². The normalized spacial score (nSPS) is 11.0. The molecule has 0 saturated carbocycles. The van der Waals surface area contributed by atoms with E-state index in [2.05, 4.69) is 58.4 Å². The minimum absolute atomic E-state index is 0.684. The molecule has 0 bridgehead atoms. The van der Waals surface area contributed by atoms with Gasteiger partial charge in [-0.15, -0.1) is 0 Å². The molecule has 3 aromatic rings. The highest BCUT2D eigenvalue weighted by Crippen LogP contribution is 2.15. The summed E-state index contributed by atoms with van der Waals surface area (Å²) in [6.07, 6.45) is 6.03. The van der Waals surface area contributed by atoms with Gasteiger partial charge in [-0.1, -0.05) is 48.5 Å². The molecule has 0 saturated heterocycles. The van der Waals surface area contributed by atoms with Gasteiger partial charge in [-0.2, -0.15) is 0 Å². The number of benzene rings is 2. The highest BCUT2D eigenvalue weighted by Gasteiger charge is 2.01. The van der Waals surface area contributed by atoms with Crippen LogP contribution in [0.2, 0.25) is 0 Å². The van der Waals surface area contributed by atoms with Crippen LogP contribution < -0.4 is 0 Å². The van der Waals surface area contributed by atoms with Gasteiger partial charge >= 0.3 is 0 Å². The SMILES string of the molecule is C(=NCc1ccccc1-n1cccc1)c1ccccc1. The number of para-hydroxylation sites is 1. The third-order valence-corrected chi connectivity index (χ3v) is 3.18. The fourth-order valence-electron chi connectivity index (χ4n) is 2.18. The molecule has 0 radical (unpaired) electrons. The lowest BCUT2D eigenvalue weighted by molar-refractivity contribution is 0.995. The number of hydrogen-bond donors (Lipinski definition) is 0. The largest absolute Gasteiger partial charge is 0.324 e. The molecule has 0 aliphatic rings. The molecule has 1 heterocycles. The Hall–Kier alpha value is -2.61. The summed E-state index contributed by atoms with van der Waals surface area (Å²) in [5.74, 6) is 0. The standard InChI is InChI=1S/C18H16N2/c1-2-8-16(9-3-1)14-19-15-17-10-4-5-11-18(17)20-12-6-7-13-20/h1-14H,15H2. The molecule has 1 aromatic heterocycles. The quantitative estimate of drug-likeness (QED) is 0.628. The van der Waals surface area contributed by atoms with E-state index >= 15 is 0 Å². The van der Waals surface area contributed by atoms with E-state index in [9.17, 15) is 0 Å². The zero-order chi connectivity index (χ0) is 13.6. The first-order valence-electron chi connectivity index (χ1n) is 6.69.